The molecule has 0 bridgehead atoms. The normalized spacial score (nSPS) is 11.7. The van der Waals surface area contributed by atoms with Crippen LogP contribution in [0.5, 0.6) is 0 Å². The molecule has 0 aliphatic carbocycles. The number of sulfone groups is 1. The van der Waals surface area contributed by atoms with Crippen molar-refractivity contribution in [2.45, 2.75) is 4.90 Å². The highest BCUT2D eigenvalue weighted by Gasteiger charge is 2.49. The van der Waals surface area contributed by atoms with Crippen molar-refractivity contribution in [3.05, 3.63) is 133 Å². The van der Waals surface area contributed by atoms with Crippen LogP contribution in [0.25, 0.3) is 0 Å². The van der Waals surface area contributed by atoms with Crippen LogP contribution in [0, 0.1) is 0 Å². The van der Waals surface area contributed by atoms with Gasteiger partial charge in [-0.05, 0) is 48.5 Å². The Labute approximate surface area is 185 Å². The molecule has 0 fully saturated rings. The fraction of sp³-hybridized carbons (Fsp3) is 0.0370. The molecule has 0 aliphatic rings. The number of benzene rings is 4. The minimum absolute atomic E-state index is 0.108. The van der Waals surface area contributed by atoms with Crippen LogP contribution in [0.1, 0.15) is 0 Å². The summed E-state index contributed by atoms with van der Waals surface area (Å²) in [5.41, 5.74) is 0. The highest BCUT2D eigenvalue weighted by Crippen LogP contribution is 2.62. The maximum absolute atomic E-state index is 13.3. The largest absolute Gasteiger partial charge is 0.223 e. The number of hydrogen-bond acceptors (Lipinski definition) is 2. The van der Waals surface area contributed by atoms with Crippen molar-refractivity contribution in [3.8, 4) is 0 Å². The first-order valence-corrected chi connectivity index (χ1v) is 13.5. The van der Waals surface area contributed by atoms with Crippen LogP contribution in [0.3, 0.4) is 0 Å². The van der Waals surface area contributed by atoms with E-state index in [0.717, 1.165) is 21.2 Å². The maximum Gasteiger partial charge on any atom is 0.185 e. The molecule has 0 saturated carbocycles. The number of hydrogen-bond donors (Lipinski definition) is 0. The summed E-state index contributed by atoms with van der Waals surface area (Å²) in [4.78, 5) is 0.323. The summed E-state index contributed by atoms with van der Waals surface area (Å²) in [6, 6.07) is 39.2. The Balaban J connectivity index is 1.95. The molecule has 31 heavy (non-hydrogen) atoms. The predicted molar refractivity (Wildman–Crippen MR) is 133 cm³/mol. The molecule has 0 aromatic heterocycles. The molecule has 0 amide bonds. The van der Waals surface area contributed by atoms with Crippen molar-refractivity contribution in [3.63, 3.8) is 0 Å². The zero-order valence-corrected chi connectivity index (χ0v) is 18.8. The second-order valence-electron chi connectivity index (χ2n) is 7.32. The Morgan fingerprint density at radius 1 is 0.581 bits per heavy atom. The van der Waals surface area contributed by atoms with E-state index in [2.05, 4.69) is 43.0 Å². The van der Waals surface area contributed by atoms with Crippen LogP contribution in [-0.2, 0) is 9.84 Å². The Morgan fingerprint density at radius 2 is 0.903 bits per heavy atom. The predicted octanol–water partition coefficient (Wildman–Crippen LogP) is 4.97. The van der Waals surface area contributed by atoms with E-state index in [-0.39, 0.29) is 5.75 Å². The molecule has 0 radical (unpaired) electrons. The topological polar surface area (TPSA) is 34.1 Å². The molecule has 4 aromatic carbocycles. The molecule has 4 aromatic rings. The first kappa shape index (κ1) is 21.2. The zero-order valence-electron chi connectivity index (χ0n) is 17.1. The lowest BCUT2D eigenvalue weighted by atomic mass is 10.4. The van der Waals surface area contributed by atoms with Gasteiger partial charge in [-0.3, -0.25) is 0 Å². The molecule has 0 heterocycles. The van der Waals surface area contributed by atoms with E-state index < -0.39 is 17.1 Å². The number of rotatable bonds is 7. The molecule has 4 rings (SSSR count). The van der Waals surface area contributed by atoms with E-state index >= 15 is 0 Å². The van der Waals surface area contributed by atoms with Gasteiger partial charge in [-0.15, -0.1) is 0 Å². The Hall–Kier alpha value is -3.00. The molecule has 0 N–H and O–H groups in total. The summed E-state index contributed by atoms with van der Waals surface area (Å²) in [6.45, 7) is 4.44. The van der Waals surface area contributed by atoms with Gasteiger partial charge in [0, 0.05) is 0 Å². The lowest BCUT2D eigenvalue weighted by molar-refractivity contribution is 0.599. The molecule has 4 heteroatoms. The zero-order chi connectivity index (χ0) is 21.7. The lowest BCUT2D eigenvalue weighted by Gasteiger charge is -2.29. The van der Waals surface area contributed by atoms with Gasteiger partial charge < -0.3 is 0 Å². The maximum atomic E-state index is 13.3. The average molecular weight is 444 g/mol. The summed E-state index contributed by atoms with van der Waals surface area (Å²) >= 11 is 0. The van der Waals surface area contributed by atoms with Crippen molar-refractivity contribution in [1.29, 1.82) is 0 Å². The smallest absolute Gasteiger partial charge is 0.185 e. The van der Waals surface area contributed by atoms with E-state index in [1.165, 1.54) is 0 Å². The van der Waals surface area contributed by atoms with Crippen molar-refractivity contribution in [2.75, 3.05) is 5.75 Å². The quantitative estimate of drug-likeness (QED) is 0.378. The Bertz CT molecular complexity index is 1160. The Kier molecular flexibility index (Phi) is 6.18. The van der Waals surface area contributed by atoms with E-state index in [1.807, 2.05) is 60.7 Å². The van der Waals surface area contributed by atoms with Gasteiger partial charge in [0.1, 0.15) is 28.9 Å². The molecule has 2 nitrogen and oxygen atoms in total. The summed E-state index contributed by atoms with van der Waals surface area (Å²) in [5.74, 6) is -0.108. The first-order valence-electron chi connectivity index (χ1n) is 10.1. The molecule has 0 saturated heterocycles. The molecule has 0 unspecified atom stereocenters. The van der Waals surface area contributed by atoms with Gasteiger partial charge in [-0.25, -0.2) is 8.42 Å². The van der Waals surface area contributed by atoms with Gasteiger partial charge >= 0.3 is 0 Å². The molecule has 0 atom stereocenters. The third-order valence-corrected chi connectivity index (χ3v) is 11.6. The molecule has 0 aliphatic heterocycles. The van der Waals surface area contributed by atoms with Crippen molar-refractivity contribution in [1.82, 2.24) is 0 Å². The monoisotopic (exact) mass is 443 g/mol. The summed E-state index contributed by atoms with van der Waals surface area (Å²) in [7, 11) is -5.97. The van der Waals surface area contributed by atoms with Crippen molar-refractivity contribution in [2.24, 2.45) is 0 Å². The van der Waals surface area contributed by atoms with Crippen LogP contribution in [-0.4, -0.2) is 14.2 Å². The molecular formula is C27H24O2PS+. The average Bonchev–Trinajstić information content (AvgIpc) is 2.82. The van der Waals surface area contributed by atoms with Crippen molar-refractivity contribution >= 4 is 33.0 Å². The van der Waals surface area contributed by atoms with Crippen LogP contribution in [0.15, 0.2) is 138 Å². The van der Waals surface area contributed by atoms with Gasteiger partial charge in [-0.1, -0.05) is 79.4 Å². The van der Waals surface area contributed by atoms with Crippen LogP contribution in [0.4, 0.5) is 0 Å². The third-order valence-electron chi connectivity index (χ3n) is 5.36. The summed E-state index contributed by atoms with van der Waals surface area (Å²) < 4.78 is 26.7. The minimum Gasteiger partial charge on any atom is -0.223 e. The summed E-state index contributed by atoms with van der Waals surface area (Å²) in [6.07, 6.45) is 0. The highest BCUT2D eigenvalue weighted by atomic mass is 32.2. The molecule has 0 spiro atoms. The van der Waals surface area contributed by atoms with Crippen LogP contribution in [0.2, 0.25) is 0 Å². The van der Waals surface area contributed by atoms with Gasteiger partial charge in [0.2, 0.25) is 0 Å². The first-order chi connectivity index (χ1) is 15.0. The van der Waals surface area contributed by atoms with E-state index in [1.54, 1.807) is 24.3 Å². The highest BCUT2D eigenvalue weighted by molar-refractivity contribution is 8.00. The van der Waals surface area contributed by atoms with Crippen molar-refractivity contribution < 1.29 is 8.42 Å². The molecular weight excluding hydrogens is 419 g/mol. The third kappa shape index (κ3) is 4.12. The SMILES string of the molecule is C=C(CS(=O)(=O)c1ccccc1)[P+](c1ccccc1)(c1ccccc1)c1ccccc1. The van der Waals surface area contributed by atoms with Crippen LogP contribution < -0.4 is 15.9 Å². The minimum atomic E-state index is -3.54. The van der Waals surface area contributed by atoms with Gasteiger partial charge in [0.25, 0.3) is 0 Å². The Morgan fingerprint density at radius 3 is 1.26 bits per heavy atom. The second kappa shape index (κ2) is 9.01. The van der Waals surface area contributed by atoms with Gasteiger partial charge in [-0.2, -0.15) is 0 Å². The van der Waals surface area contributed by atoms with E-state index in [4.69, 9.17) is 0 Å². The summed E-state index contributed by atoms with van der Waals surface area (Å²) in [5, 5.41) is 4.02. The van der Waals surface area contributed by atoms with E-state index in [9.17, 15) is 8.42 Å². The fourth-order valence-electron chi connectivity index (χ4n) is 3.98. The van der Waals surface area contributed by atoms with E-state index in [0.29, 0.717) is 4.90 Å². The fourth-order valence-corrected chi connectivity index (χ4v) is 10.3. The van der Waals surface area contributed by atoms with Crippen LogP contribution >= 0.6 is 7.26 Å². The standard InChI is InChI=1S/C27H24O2PS/c1-23(22-31(28,29)27-20-12-5-13-21-27)30(24-14-6-2-7-15-24,25-16-8-3-9-17-25)26-18-10-4-11-19-26/h2-21H,1,22H2/q+1. The van der Waals surface area contributed by atoms with Gasteiger partial charge in [0.15, 0.2) is 9.84 Å². The lowest BCUT2D eigenvalue weighted by Crippen LogP contribution is -2.33. The van der Waals surface area contributed by atoms with Gasteiger partial charge in [0.05, 0.1) is 10.2 Å². The molecule has 154 valence electrons. The second-order valence-corrected chi connectivity index (χ2v) is 12.8.